The predicted molar refractivity (Wildman–Crippen MR) is 64.5 cm³/mol. The van der Waals surface area contributed by atoms with Crippen LogP contribution in [0.4, 0.5) is 4.79 Å². The van der Waals surface area contributed by atoms with Gasteiger partial charge in [0.1, 0.15) is 5.75 Å². The summed E-state index contributed by atoms with van der Waals surface area (Å²) < 4.78 is 5.78. The normalized spacial score (nSPS) is 29.8. The summed E-state index contributed by atoms with van der Waals surface area (Å²) in [4.78, 5) is 11.5. The lowest BCUT2D eigenvalue weighted by Gasteiger charge is -2.44. The summed E-state index contributed by atoms with van der Waals surface area (Å²) in [5.41, 5.74) is 0.118. The van der Waals surface area contributed by atoms with Gasteiger partial charge in [0, 0.05) is 17.0 Å². The zero-order valence-electron chi connectivity index (χ0n) is 9.01. The summed E-state index contributed by atoms with van der Waals surface area (Å²) in [6.45, 7) is 1.83. The van der Waals surface area contributed by atoms with Crippen molar-refractivity contribution in [3.05, 3.63) is 27.7 Å². The molecule has 0 saturated carbocycles. The number of ether oxygens (including phenoxy) is 1. The quantitative estimate of drug-likeness (QED) is 0.763. The molecule has 2 aliphatic heterocycles. The lowest BCUT2D eigenvalue weighted by Crippen LogP contribution is -2.62. The van der Waals surface area contributed by atoms with Gasteiger partial charge in [0.2, 0.25) is 0 Å². The van der Waals surface area contributed by atoms with Crippen molar-refractivity contribution in [3.63, 3.8) is 0 Å². The first-order valence-electron chi connectivity index (χ1n) is 5.23. The Balaban J connectivity index is 2.16. The topological polar surface area (TPSA) is 50.4 Å². The highest BCUT2D eigenvalue weighted by molar-refractivity contribution is 6.35. The number of carbonyl (C=O) groups excluding carboxylic acids is 1. The van der Waals surface area contributed by atoms with Crippen LogP contribution in [0.15, 0.2) is 12.1 Å². The van der Waals surface area contributed by atoms with Crippen molar-refractivity contribution in [2.45, 2.75) is 25.1 Å². The molecule has 2 N–H and O–H groups in total. The molecule has 1 aromatic rings. The standard InChI is InChI=1S/C11H10Cl2N2O2/c1-11-4-8(14-10(16)15-11)6-2-5(12)3-7(13)9(6)17-11/h2-3,8H,4H2,1H3,(H2,14,15,16)/t8-,11-/m0/s1. The van der Waals surface area contributed by atoms with Crippen molar-refractivity contribution < 1.29 is 9.53 Å². The summed E-state index contributed by atoms with van der Waals surface area (Å²) in [6, 6.07) is 3.05. The van der Waals surface area contributed by atoms with E-state index in [2.05, 4.69) is 10.6 Å². The van der Waals surface area contributed by atoms with Crippen molar-refractivity contribution in [3.8, 4) is 5.75 Å². The molecule has 0 aromatic heterocycles. The number of carbonyl (C=O) groups is 1. The number of hydrogen-bond donors (Lipinski definition) is 2. The monoisotopic (exact) mass is 272 g/mol. The Bertz CT molecular complexity index is 520. The van der Waals surface area contributed by atoms with Gasteiger partial charge < -0.3 is 15.4 Å². The zero-order valence-corrected chi connectivity index (χ0v) is 10.5. The Morgan fingerprint density at radius 3 is 3.00 bits per heavy atom. The van der Waals surface area contributed by atoms with E-state index in [1.807, 2.05) is 6.92 Å². The highest BCUT2D eigenvalue weighted by Gasteiger charge is 2.44. The van der Waals surface area contributed by atoms with Crippen LogP contribution in [0.25, 0.3) is 0 Å². The van der Waals surface area contributed by atoms with Crippen LogP contribution in [0.5, 0.6) is 5.75 Å². The molecular formula is C11H10Cl2N2O2. The molecule has 2 bridgehead atoms. The third-order valence-electron chi connectivity index (χ3n) is 3.02. The second-order valence-corrected chi connectivity index (χ2v) is 5.34. The number of hydrogen-bond acceptors (Lipinski definition) is 2. The van der Waals surface area contributed by atoms with Gasteiger partial charge in [-0.1, -0.05) is 23.2 Å². The molecule has 0 radical (unpaired) electrons. The first-order valence-corrected chi connectivity index (χ1v) is 5.99. The van der Waals surface area contributed by atoms with Crippen LogP contribution in [-0.4, -0.2) is 11.8 Å². The number of nitrogens with one attached hydrogen (secondary N) is 2. The molecule has 2 aliphatic rings. The van der Waals surface area contributed by atoms with Crippen molar-refractivity contribution in [2.24, 2.45) is 0 Å². The maximum atomic E-state index is 11.5. The van der Waals surface area contributed by atoms with E-state index >= 15 is 0 Å². The predicted octanol–water partition coefficient (Wildman–Crippen LogP) is 2.85. The number of amides is 2. The largest absolute Gasteiger partial charge is 0.466 e. The van der Waals surface area contributed by atoms with Crippen LogP contribution in [0.1, 0.15) is 24.9 Å². The summed E-state index contributed by atoms with van der Waals surface area (Å²) in [5, 5.41) is 6.57. The molecule has 0 spiro atoms. The van der Waals surface area contributed by atoms with Crippen molar-refractivity contribution in [1.82, 2.24) is 10.6 Å². The smallest absolute Gasteiger partial charge is 0.318 e. The Kier molecular flexibility index (Phi) is 2.22. The third kappa shape index (κ3) is 1.72. The van der Waals surface area contributed by atoms with E-state index in [1.54, 1.807) is 12.1 Å². The first-order chi connectivity index (χ1) is 7.97. The minimum atomic E-state index is -0.711. The van der Waals surface area contributed by atoms with Crippen LogP contribution in [0, 0.1) is 0 Å². The fraction of sp³-hybridized carbons (Fsp3) is 0.364. The van der Waals surface area contributed by atoms with Gasteiger partial charge in [-0.05, 0) is 19.1 Å². The van der Waals surface area contributed by atoms with Gasteiger partial charge in [-0.25, -0.2) is 4.79 Å². The average Bonchev–Trinajstić information content (AvgIpc) is 2.19. The maximum absolute atomic E-state index is 11.5. The van der Waals surface area contributed by atoms with E-state index in [4.69, 9.17) is 27.9 Å². The lowest BCUT2D eigenvalue weighted by atomic mass is 9.92. The van der Waals surface area contributed by atoms with E-state index in [1.165, 1.54) is 0 Å². The lowest BCUT2D eigenvalue weighted by molar-refractivity contribution is 0.0120. The summed E-state index contributed by atoms with van der Waals surface area (Å²) in [6.07, 6.45) is 0.641. The molecule has 4 nitrogen and oxygen atoms in total. The average molecular weight is 273 g/mol. The molecule has 1 aromatic carbocycles. The van der Waals surface area contributed by atoms with Gasteiger partial charge in [0.25, 0.3) is 0 Å². The molecular weight excluding hydrogens is 263 g/mol. The molecule has 3 rings (SSSR count). The van der Waals surface area contributed by atoms with E-state index in [0.29, 0.717) is 22.2 Å². The number of fused-ring (bicyclic) bond motifs is 4. The molecule has 6 heteroatoms. The highest BCUT2D eigenvalue weighted by Crippen LogP contribution is 2.45. The summed E-state index contributed by atoms with van der Waals surface area (Å²) in [7, 11) is 0. The van der Waals surface area contributed by atoms with Crippen molar-refractivity contribution in [2.75, 3.05) is 0 Å². The van der Waals surface area contributed by atoms with Crippen LogP contribution in [0.2, 0.25) is 10.0 Å². The molecule has 2 atom stereocenters. The zero-order chi connectivity index (χ0) is 12.2. The van der Waals surface area contributed by atoms with Gasteiger partial charge in [0.05, 0.1) is 11.1 Å². The molecule has 1 saturated heterocycles. The minimum absolute atomic E-state index is 0.117. The van der Waals surface area contributed by atoms with E-state index in [-0.39, 0.29) is 12.1 Å². The molecule has 17 heavy (non-hydrogen) atoms. The van der Waals surface area contributed by atoms with Gasteiger partial charge in [0.15, 0.2) is 5.72 Å². The Labute approximate surface area is 108 Å². The van der Waals surface area contributed by atoms with Gasteiger partial charge >= 0.3 is 6.03 Å². The van der Waals surface area contributed by atoms with Crippen molar-refractivity contribution in [1.29, 1.82) is 0 Å². The maximum Gasteiger partial charge on any atom is 0.318 e. The molecule has 0 unspecified atom stereocenters. The van der Waals surface area contributed by atoms with Gasteiger partial charge in [-0.15, -0.1) is 0 Å². The van der Waals surface area contributed by atoms with E-state index in [9.17, 15) is 4.79 Å². The van der Waals surface area contributed by atoms with Crippen LogP contribution < -0.4 is 15.4 Å². The second kappa shape index (κ2) is 3.43. The number of halogens is 2. The van der Waals surface area contributed by atoms with E-state index in [0.717, 1.165) is 5.56 Å². The molecule has 2 amide bonds. The van der Waals surface area contributed by atoms with Gasteiger partial charge in [-0.3, -0.25) is 0 Å². The number of urea groups is 1. The molecule has 1 fully saturated rings. The second-order valence-electron chi connectivity index (χ2n) is 4.49. The van der Waals surface area contributed by atoms with Crippen molar-refractivity contribution >= 4 is 29.2 Å². The number of benzene rings is 1. The minimum Gasteiger partial charge on any atom is -0.466 e. The SMILES string of the molecule is C[C@]12C[C@H](NC(=O)N1)c1cc(Cl)cc(Cl)c1O2. The van der Waals surface area contributed by atoms with Crippen LogP contribution in [0.3, 0.4) is 0 Å². The Hall–Kier alpha value is -1.13. The fourth-order valence-electron chi connectivity index (χ4n) is 2.35. The summed E-state index contributed by atoms with van der Waals surface area (Å²) >= 11 is 12.1. The number of rotatable bonds is 0. The fourth-order valence-corrected chi connectivity index (χ4v) is 2.90. The molecule has 90 valence electrons. The first kappa shape index (κ1) is 11.0. The van der Waals surface area contributed by atoms with E-state index < -0.39 is 5.72 Å². The Morgan fingerprint density at radius 2 is 2.24 bits per heavy atom. The molecule has 0 aliphatic carbocycles. The summed E-state index contributed by atoms with van der Waals surface area (Å²) in [5.74, 6) is 0.585. The van der Waals surface area contributed by atoms with Crippen LogP contribution >= 0.6 is 23.2 Å². The third-order valence-corrected chi connectivity index (χ3v) is 3.52. The Morgan fingerprint density at radius 1 is 1.47 bits per heavy atom. The highest BCUT2D eigenvalue weighted by atomic mass is 35.5. The molecule has 2 heterocycles. The van der Waals surface area contributed by atoms with Gasteiger partial charge in [-0.2, -0.15) is 0 Å². The van der Waals surface area contributed by atoms with Crippen LogP contribution in [-0.2, 0) is 0 Å².